The van der Waals surface area contributed by atoms with Crippen molar-refractivity contribution in [1.29, 1.82) is 0 Å². The van der Waals surface area contributed by atoms with Crippen LogP contribution in [0.4, 0.5) is 0 Å². The van der Waals surface area contributed by atoms with Crippen LogP contribution in [0.15, 0.2) is 11.6 Å². The number of carbonyl (C=O) groups excluding carboxylic acids is 1. The second kappa shape index (κ2) is 5.18. The van der Waals surface area contributed by atoms with Gasteiger partial charge in [-0.15, -0.1) is 0 Å². The van der Waals surface area contributed by atoms with Crippen LogP contribution in [0.1, 0.15) is 26.7 Å². The number of carbonyl (C=O) groups is 1. The highest BCUT2D eigenvalue weighted by Gasteiger charge is 1.95. The zero-order chi connectivity index (χ0) is 7.98. The predicted octanol–water partition coefficient (Wildman–Crippen LogP) is 1.29. The fourth-order valence-corrected chi connectivity index (χ4v) is 0.601. The maximum absolute atomic E-state index is 10.5. The minimum absolute atomic E-state index is 0.0856. The van der Waals surface area contributed by atoms with E-state index in [-0.39, 0.29) is 12.4 Å². The van der Waals surface area contributed by atoms with E-state index in [1.807, 2.05) is 19.9 Å². The molecule has 0 aromatic rings. The topological polar surface area (TPSA) is 37.3 Å². The average molecular weight is 142 g/mol. The van der Waals surface area contributed by atoms with Crippen LogP contribution in [-0.4, -0.2) is 17.5 Å². The Kier molecular flexibility index (Phi) is 4.85. The first-order valence-corrected chi connectivity index (χ1v) is 3.42. The van der Waals surface area contributed by atoms with E-state index in [0.29, 0.717) is 6.42 Å². The number of ketones is 1. The summed E-state index contributed by atoms with van der Waals surface area (Å²) in [6.07, 6.45) is 3.21. The van der Waals surface area contributed by atoms with Crippen LogP contribution < -0.4 is 0 Å². The first-order valence-electron chi connectivity index (χ1n) is 3.42. The van der Waals surface area contributed by atoms with Crippen molar-refractivity contribution in [2.24, 2.45) is 0 Å². The third-order valence-corrected chi connectivity index (χ3v) is 1.15. The Balaban J connectivity index is 3.37. The maximum atomic E-state index is 10.5. The SMILES string of the molecule is CC(C)=CCCC(=O)CO. The molecule has 0 atom stereocenters. The van der Waals surface area contributed by atoms with Crippen LogP contribution in [-0.2, 0) is 4.79 Å². The lowest BCUT2D eigenvalue weighted by Gasteiger charge is -1.92. The monoisotopic (exact) mass is 142 g/mol. The van der Waals surface area contributed by atoms with Crippen LogP contribution in [0.3, 0.4) is 0 Å². The van der Waals surface area contributed by atoms with Gasteiger partial charge in [-0.05, 0) is 20.3 Å². The van der Waals surface area contributed by atoms with Crippen LogP contribution in [0.25, 0.3) is 0 Å². The minimum atomic E-state index is -0.323. The molecule has 0 aromatic carbocycles. The van der Waals surface area contributed by atoms with Crippen molar-refractivity contribution >= 4 is 5.78 Å². The normalized spacial score (nSPS) is 9.10. The highest BCUT2D eigenvalue weighted by Crippen LogP contribution is 1.96. The zero-order valence-corrected chi connectivity index (χ0v) is 6.55. The fourth-order valence-electron chi connectivity index (χ4n) is 0.601. The van der Waals surface area contributed by atoms with Crippen molar-refractivity contribution in [2.45, 2.75) is 26.7 Å². The van der Waals surface area contributed by atoms with Gasteiger partial charge in [0, 0.05) is 6.42 Å². The Bertz CT molecular complexity index is 132. The van der Waals surface area contributed by atoms with Gasteiger partial charge in [0.1, 0.15) is 6.61 Å². The van der Waals surface area contributed by atoms with Gasteiger partial charge in [0.15, 0.2) is 5.78 Å². The molecule has 58 valence electrons. The molecule has 2 heteroatoms. The smallest absolute Gasteiger partial charge is 0.158 e. The Morgan fingerprint density at radius 3 is 2.50 bits per heavy atom. The van der Waals surface area contributed by atoms with Crippen molar-refractivity contribution in [3.8, 4) is 0 Å². The summed E-state index contributed by atoms with van der Waals surface area (Å²) >= 11 is 0. The van der Waals surface area contributed by atoms with Gasteiger partial charge in [-0.2, -0.15) is 0 Å². The molecule has 0 aliphatic rings. The van der Waals surface area contributed by atoms with Gasteiger partial charge in [-0.3, -0.25) is 4.79 Å². The van der Waals surface area contributed by atoms with E-state index in [4.69, 9.17) is 5.11 Å². The van der Waals surface area contributed by atoms with Crippen molar-refractivity contribution in [3.05, 3.63) is 11.6 Å². The third-order valence-electron chi connectivity index (χ3n) is 1.15. The van der Waals surface area contributed by atoms with Crippen molar-refractivity contribution in [1.82, 2.24) is 0 Å². The molecule has 0 rings (SSSR count). The Labute approximate surface area is 61.6 Å². The van der Waals surface area contributed by atoms with Gasteiger partial charge >= 0.3 is 0 Å². The molecule has 0 fully saturated rings. The molecule has 0 saturated carbocycles. The number of aliphatic hydroxyl groups excluding tert-OH is 1. The third kappa shape index (κ3) is 5.51. The van der Waals surface area contributed by atoms with E-state index in [1.165, 1.54) is 5.57 Å². The van der Waals surface area contributed by atoms with Gasteiger partial charge in [0.2, 0.25) is 0 Å². The molecular weight excluding hydrogens is 128 g/mol. The summed E-state index contributed by atoms with van der Waals surface area (Å²) in [4.78, 5) is 10.5. The van der Waals surface area contributed by atoms with Gasteiger partial charge in [-0.1, -0.05) is 11.6 Å². The summed E-state index contributed by atoms with van der Waals surface area (Å²) < 4.78 is 0. The number of allylic oxidation sites excluding steroid dienone is 2. The number of rotatable bonds is 4. The number of Topliss-reactive ketones (excluding diaryl/α,β-unsaturated/α-hetero) is 1. The molecule has 0 radical (unpaired) electrons. The number of hydrogen-bond acceptors (Lipinski definition) is 2. The molecule has 0 spiro atoms. The van der Waals surface area contributed by atoms with Crippen LogP contribution in [0.5, 0.6) is 0 Å². The molecular formula is C8H14O2. The van der Waals surface area contributed by atoms with E-state index in [9.17, 15) is 4.79 Å². The fraction of sp³-hybridized carbons (Fsp3) is 0.625. The lowest BCUT2D eigenvalue weighted by Crippen LogP contribution is -2.01. The van der Waals surface area contributed by atoms with Crippen LogP contribution >= 0.6 is 0 Å². The van der Waals surface area contributed by atoms with Gasteiger partial charge < -0.3 is 5.11 Å². The lowest BCUT2D eigenvalue weighted by molar-refractivity contribution is -0.121. The molecule has 0 unspecified atom stereocenters. The van der Waals surface area contributed by atoms with Gasteiger partial charge in [-0.25, -0.2) is 0 Å². The molecule has 0 saturated heterocycles. The first-order chi connectivity index (χ1) is 4.66. The van der Waals surface area contributed by atoms with Crippen molar-refractivity contribution < 1.29 is 9.90 Å². The van der Waals surface area contributed by atoms with Crippen LogP contribution in [0.2, 0.25) is 0 Å². The summed E-state index contributed by atoms with van der Waals surface area (Å²) in [6.45, 7) is 3.66. The van der Waals surface area contributed by atoms with Gasteiger partial charge in [0.25, 0.3) is 0 Å². The maximum Gasteiger partial charge on any atom is 0.158 e. The van der Waals surface area contributed by atoms with E-state index >= 15 is 0 Å². The molecule has 0 aromatic heterocycles. The Morgan fingerprint density at radius 1 is 1.50 bits per heavy atom. The van der Waals surface area contributed by atoms with Crippen molar-refractivity contribution in [3.63, 3.8) is 0 Å². The molecule has 1 N–H and O–H groups in total. The quantitative estimate of drug-likeness (QED) is 0.600. The Morgan fingerprint density at radius 2 is 2.10 bits per heavy atom. The lowest BCUT2D eigenvalue weighted by atomic mass is 10.2. The van der Waals surface area contributed by atoms with E-state index in [1.54, 1.807) is 0 Å². The predicted molar refractivity (Wildman–Crippen MR) is 40.8 cm³/mol. The molecule has 0 heterocycles. The number of hydrogen-bond donors (Lipinski definition) is 1. The number of aliphatic hydroxyl groups is 1. The highest BCUT2D eigenvalue weighted by molar-refractivity contribution is 5.79. The minimum Gasteiger partial charge on any atom is -0.389 e. The molecule has 0 bridgehead atoms. The first kappa shape index (κ1) is 9.37. The zero-order valence-electron chi connectivity index (χ0n) is 6.55. The second-order valence-electron chi connectivity index (χ2n) is 2.52. The standard InChI is InChI=1S/C8H14O2/c1-7(2)4-3-5-8(10)6-9/h4,9H,3,5-6H2,1-2H3. The molecule has 2 nitrogen and oxygen atoms in total. The molecule has 0 amide bonds. The summed E-state index contributed by atoms with van der Waals surface area (Å²) in [5.74, 6) is -0.0856. The van der Waals surface area contributed by atoms with Gasteiger partial charge in [0.05, 0.1) is 0 Å². The summed E-state index contributed by atoms with van der Waals surface area (Å²) in [5.41, 5.74) is 1.21. The summed E-state index contributed by atoms with van der Waals surface area (Å²) in [5, 5.41) is 8.33. The Hall–Kier alpha value is -0.630. The summed E-state index contributed by atoms with van der Waals surface area (Å²) in [7, 11) is 0. The average Bonchev–Trinajstić information content (AvgIpc) is 1.87. The van der Waals surface area contributed by atoms with E-state index in [0.717, 1.165) is 6.42 Å². The van der Waals surface area contributed by atoms with Crippen LogP contribution in [0, 0.1) is 0 Å². The largest absolute Gasteiger partial charge is 0.389 e. The highest BCUT2D eigenvalue weighted by atomic mass is 16.3. The summed E-state index contributed by atoms with van der Waals surface area (Å²) in [6, 6.07) is 0. The molecule has 0 aliphatic heterocycles. The molecule has 0 aliphatic carbocycles. The van der Waals surface area contributed by atoms with Crippen molar-refractivity contribution in [2.75, 3.05) is 6.61 Å². The second-order valence-corrected chi connectivity index (χ2v) is 2.52. The van der Waals surface area contributed by atoms with E-state index < -0.39 is 0 Å². The molecule has 10 heavy (non-hydrogen) atoms. The van der Waals surface area contributed by atoms with E-state index in [2.05, 4.69) is 0 Å².